The van der Waals surface area contributed by atoms with E-state index in [4.69, 9.17) is 9.40 Å². The maximum absolute atomic E-state index is 11.5. The van der Waals surface area contributed by atoms with E-state index in [1.807, 2.05) is 67.1 Å². The molecule has 2 aromatic heterocycles. The summed E-state index contributed by atoms with van der Waals surface area (Å²) in [4.78, 5) is 4.75. The number of rotatable bonds is 6. The molecule has 0 aliphatic carbocycles. The van der Waals surface area contributed by atoms with Gasteiger partial charge in [-0.15, -0.1) is 0 Å². The van der Waals surface area contributed by atoms with Crippen molar-refractivity contribution in [2.75, 3.05) is 0 Å². The summed E-state index contributed by atoms with van der Waals surface area (Å²) in [5.41, 5.74) is 4.88. The summed E-state index contributed by atoms with van der Waals surface area (Å²) in [6.07, 6.45) is 4.64. The zero-order valence-corrected chi connectivity index (χ0v) is 21.2. The fourth-order valence-corrected chi connectivity index (χ4v) is 5.79. The van der Waals surface area contributed by atoms with Crippen LogP contribution in [-0.4, -0.2) is 14.7 Å². The fourth-order valence-electron chi connectivity index (χ4n) is 5.79. The van der Waals surface area contributed by atoms with Crippen molar-refractivity contribution in [3.8, 4) is 0 Å². The normalized spacial score (nSPS) is 12.6. The molecular weight excluding hydrogens is 480 g/mol. The summed E-state index contributed by atoms with van der Waals surface area (Å²) in [6.45, 7) is 0. The van der Waals surface area contributed by atoms with E-state index in [1.165, 1.54) is 0 Å². The molecule has 188 valence electrons. The van der Waals surface area contributed by atoms with Crippen molar-refractivity contribution in [3.63, 3.8) is 0 Å². The van der Waals surface area contributed by atoms with Crippen LogP contribution in [-0.2, 0) is 5.54 Å². The van der Waals surface area contributed by atoms with Crippen molar-refractivity contribution in [3.05, 3.63) is 174 Å². The third kappa shape index (κ3) is 3.77. The zero-order valence-electron chi connectivity index (χ0n) is 21.2. The minimum atomic E-state index is -0.879. The molecule has 0 saturated heterocycles. The van der Waals surface area contributed by atoms with E-state index in [0.717, 1.165) is 44.0 Å². The number of nitrogens with zero attached hydrogens (tertiary/aromatic N) is 2. The van der Waals surface area contributed by atoms with Gasteiger partial charge in [-0.2, -0.15) is 0 Å². The van der Waals surface area contributed by atoms with Crippen molar-refractivity contribution in [1.82, 2.24) is 9.55 Å². The van der Waals surface area contributed by atoms with Crippen molar-refractivity contribution >= 4 is 21.7 Å². The number of fused-ring (bicyclic) bond motifs is 3. The van der Waals surface area contributed by atoms with Crippen LogP contribution in [0.4, 0.5) is 0 Å². The van der Waals surface area contributed by atoms with Gasteiger partial charge in [0, 0.05) is 11.6 Å². The molecule has 5 aromatic carbocycles. The molecule has 0 aliphatic rings. The minimum Gasteiger partial charge on any atom is -0.464 e. The highest BCUT2D eigenvalue weighted by atomic mass is 16.3. The van der Waals surface area contributed by atoms with E-state index in [2.05, 4.69) is 77.4 Å². The van der Waals surface area contributed by atoms with Gasteiger partial charge in [0.05, 0.1) is 18.3 Å². The van der Waals surface area contributed by atoms with Crippen LogP contribution in [0.3, 0.4) is 0 Å². The third-order valence-electron chi connectivity index (χ3n) is 7.64. The van der Waals surface area contributed by atoms with Crippen LogP contribution < -0.4 is 0 Å². The van der Waals surface area contributed by atoms with Gasteiger partial charge >= 0.3 is 0 Å². The SMILES string of the molecule is OC(c1ccc2c(ccc3occc32)c1)c1cn(C(c2ccccc2)(c2ccccc2)c2ccccc2)cn1. The molecule has 1 unspecified atom stereocenters. The second-order valence-corrected chi connectivity index (χ2v) is 9.80. The molecule has 0 radical (unpaired) electrons. The summed E-state index contributed by atoms with van der Waals surface area (Å²) in [5, 5.41) is 14.7. The highest BCUT2D eigenvalue weighted by molar-refractivity contribution is 6.05. The molecule has 0 aliphatic heterocycles. The predicted molar refractivity (Wildman–Crippen MR) is 155 cm³/mol. The molecule has 7 rings (SSSR count). The summed E-state index contributed by atoms with van der Waals surface area (Å²) in [6, 6.07) is 43.4. The van der Waals surface area contributed by atoms with Crippen molar-refractivity contribution in [2.45, 2.75) is 11.6 Å². The van der Waals surface area contributed by atoms with E-state index in [1.54, 1.807) is 6.26 Å². The monoisotopic (exact) mass is 506 g/mol. The Morgan fingerprint density at radius 1 is 0.667 bits per heavy atom. The van der Waals surface area contributed by atoms with Gasteiger partial charge in [-0.05, 0) is 51.2 Å². The number of hydrogen-bond donors (Lipinski definition) is 1. The molecule has 4 heteroatoms. The number of furan rings is 1. The molecular formula is C35H26N2O2. The van der Waals surface area contributed by atoms with E-state index in [-0.39, 0.29) is 0 Å². The molecule has 1 atom stereocenters. The number of benzene rings is 5. The first-order chi connectivity index (χ1) is 19.2. The molecule has 1 N–H and O–H groups in total. The number of aliphatic hydroxyl groups is 1. The van der Waals surface area contributed by atoms with Gasteiger partial charge in [0.15, 0.2) is 0 Å². The summed E-state index contributed by atoms with van der Waals surface area (Å²) in [7, 11) is 0. The Labute approximate surface area is 226 Å². The standard InChI is InChI=1S/C35H26N2O2/c38-34(26-16-18-30-25(22-26)17-19-33-31(30)20-21-39-33)32-23-37(24-36-32)35(27-10-4-1-5-11-27,28-12-6-2-7-13-28)29-14-8-3-9-15-29/h1-24,34,38H. The highest BCUT2D eigenvalue weighted by Crippen LogP contribution is 2.41. The van der Waals surface area contributed by atoms with Crippen LogP contribution in [0.25, 0.3) is 21.7 Å². The van der Waals surface area contributed by atoms with Crippen molar-refractivity contribution in [1.29, 1.82) is 0 Å². The van der Waals surface area contributed by atoms with E-state index in [0.29, 0.717) is 5.69 Å². The highest BCUT2D eigenvalue weighted by Gasteiger charge is 2.38. The summed E-state index contributed by atoms with van der Waals surface area (Å²) >= 11 is 0. The maximum Gasteiger partial charge on any atom is 0.134 e. The smallest absolute Gasteiger partial charge is 0.134 e. The number of hydrogen-bond acceptors (Lipinski definition) is 3. The first-order valence-corrected chi connectivity index (χ1v) is 13.0. The van der Waals surface area contributed by atoms with Crippen LogP contribution in [0.2, 0.25) is 0 Å². The molecule has 4 nitrogen and oxygen atoms in total. The number of imidazole rings is 1. The average molecular weight is 507 g/mol. The van der Waals surface area contributed by atoms with Crippen LogP contribution >= 0.6 is 0 Å². The largest absolute Gasteiger partial charge is 0.464 e. The van der Waals surface area contributed by atoms with E-state index < -0.39 is 11.6 Å². The maximum atomic E-state index is 11.5. The molecule has 39 heavy (non-hydrogen) atoms. The zero-order chi connectivity index (χ0) is 26.2. The summed E-state index contributed by atoms with van der Waals surface area (Å²) < 4.78 is 7.68. The lowest BCUT2D eigenvalue weighted by Crippen LogP contribution is -2.37. The predicted octanol–water partition coefficient (Wildman–Crippen LogP) is 7.70. The lowest BCUT2D eigenvalue weighted by molar-refractivity contribution is 0.216. The van der Waals surface area contributed by atoms with Gasteiger partial charge in [0.25, 0.3) is 0 Å². The Morgan fingerprint density at radius 3 is 1.90 bits per heavy atom. The molecule has 7 aromatic rings. The van der Waals surface area contributed by atoms with Crippen molar-refractivity contribution < 1.29 is 9.52 Å². The quantitative estimate of drug-likeness (QED) is 0.235. The van der Waals surface area contributed by atoms with Crippen molar-refractivity contribution in [2.24, 2.45) is 0 Å². The number of aliphatic hydroxyl groups excluding tert-OH is 1. The average Bonchev–Trinajstić information content (AvgIpc) is 3.70. The topological polar surface area (TPSA) is 51.2 Å². The lowest BCUT2D eigenvalue weighted by Gasteiger charge is -2.37. The van der Waals surface area contributed by atoms with E-state index in [9.17, 15) is 5.11 Å². The lowest BCUT2D eigenvalue weighted by atomic mass is 9.77. The minimum absolute atomic E-state index is 0.589. The van der Waals surface area contributed by atoms with Gasteiger partial charge in [0.2, 0.25) is 0 Å². The van der Waals surface area contributed by atoms with Crippen LogP contribution in [0, 0.1) is 0 Å². The van der Waals surface area contributed by atoms with Gasteiger partial charge in [0.1, 0.15) is 17.2 Å². The van der Waals surface area contributed by atoms with Crippen LogP contribution in [0.5, 0.6) is 0 Å². The Kier molecular flexibility index (Phi) is 5.61. The molecule has 0 spiro atoms. The molecule has 2 heterocycles. The first-order valence-electron chi connectivity index (χ1n) is 13.0. The first kappa shape index (κ1) is 23.2. The number of aromatic nitrogens is 2. The third-order valence-corrected chi connectivity index (χ3v) is 7.64. The Balaban J connectivity index is 1.38. The molecule has 0 amide bonds. The Morgan fingerprint density at radius 2 is 1.28 bits per heavy atom. The fraction of sp³-hybridized carbons (Fsp3) is 0.0571. The van der Waals surface area contributed by atoms with Gasteiger partial charge in [-0.3, -0.25) is 0 Å². The molecule has 0 bridgehead atoms. The second-order valence-electron chi connectivity index (χ2n) is 9.80. The molecule has 0 saturated carbocycles. The van der Waals surface area contributed by atoms with Gasteiger partial charge in [-0.25, -0.2) is 4.98 Å². The second kappa shape index (κ2) is 9.43. The summed E-state index contributed by atoms with van der Waals surface area (Å²) in [5.74, 6) is 0. The molecule has 0 fully saturated rings. The Hall–Kier alpha value is -4.93. The van der Waals surface area contributed by atoms with Crippen LogP contribution in [0.1, 0.15) is 34.1 Å². The van der Waals surface area contributed by atoms with Gasteiger partial charge in [-0.1, -0.05) is 109 Å². The van der Waals surface area contributed by atoms with E-state index >= 15 is 0 Å². The van der Waals surface area contributed by atoms with Crippen LogP contribution in [0.15, 0.2) is 151 Å². The van der Waals surface area contributed by atoms with Gasteiger partial charge < -0.3 is 14.1 Å². The Bertz CT molecular complexity index is 1780.